The van der Waals surface area contributed by atoms with Crippen molar-refractivity contribution in [2.75, 3.05) is 19.7 Å². The second-order valence-corrected chi connectivity index (χ2v) is 5.13. The number of rotatable bonds is 7. The molecular weight excluding hydrogens is 340 g/mol. The Hall–Kier alpha value is -1.89. The van der Waals surface area contributed by atoms with Gasteiger partial charge in [0.1, 0.15) is 0 Å². The number of hydrogen-bond acceptors (Lipinski definition) is 4. The van der Waals surface area contributed by atoms with E-state index >= 15 is 0 Å². The Balaban J connectivity index is 2.30. The molecule has 0 aliphatic heterocycles. The first kappa shape index (κ1) is 17.2. The summed E-state index contributed by atoms with van der Waals surface area (Å²) in [4.78, 5) is 34.4. The summed E-state index contributed by atoms with van der Waals surface area (Å²) in [7, 11) is 0. The maximum atomic E-state index is 11.7. The zero-order valence-corrected chi connectivity index (χ0v) is 13.2. The van der Waals surface area contributed by atoms with Gasteiger partial charge in [0.25, 0.3) is 5.91 Å². The van der Waals surface area contributed by atoms with Gasteiger partial charge < -0.3 is 15.4 Å². The molecule has 0 aliphatic carbocycles. The number of esters is 1. The van der Waals surface area contributed by atoms with E-state index in [0.717, 1.165) is 10.9 Å². The fourth-order valence-corrected chi connectivity index (χ4v) is 1.79. The number of halogens is 1. The van der Waals surface area contributed by atoms with Crippen LogP contribution in [-0.4, -0.2) is 37.5 Å². The van der Waals surface area contributed by atoms with Gasteiger partial charge in [-0.05, 0) is 24.6 Å². The van der Waals surface area contributed by atoms with Crippen LogP contribution in [-0.2, 0) is 14.3 Å². The molecule has 0 spiro atoms. The van der Waals surface area contributed by atoms with Crippen LogP contribution in [0, 0.1) is 0 Å². The molecule has 6 nitrogen and oxygen atoms in total. The van der Waals surface area contributed by atoms with Crippen molar-refractivity contribution in [3.8, 4) is 0 Å². The molecule has 2 N–H and O–H groups in total. The highest BCUT2D eigenvalue weighted by Gasteiger charge is 2.11. The topological polar surface area (TPSA) is 84.5 Å². The molecule has 0 bridgehead atoms. The zero-order valence-electron chi connectivity index (χ0n) is 11.6. The second kappa shape index (κ2) is 9.12. The number of hydrogen-bond donors (Lipinski definition) is 2. The van der Waals surface area contributed by atoms with E-state index in [-0.39, 0.29) is 12.5 Å². The molecule has 0 radical (unpaired) electrons. The lowest BCUT2D eigenvalue weighted by Gasteiger charge is -2.07. The van der Waals surface area contributed by atoms with Crippen molar-refractivity contribution in [2.24, 2.45) is 0 Å². The monoisotopic (exact) mass is 356 g/mol. The third-order valence-corrected chi connectivity index (χ3v) is 2.91. The third-order valence-electron chi connectivity index (χ3n) is 2.41. The summed E-state index contributed by atoms with van der Waals surface area (Å²) < 4.78 is 5.60. The highest BCUT2D eigenvalue weighted by molar-refractivity contribution is 9.10. The van der Waals surface area contributed by atoms with E-state index in [1.54, 1.807) is 24.3 Å². The van der Waals surface area contributed by atoms with Crippen molar-refractivity contribution in [2.45, 2.75) is 13.3 Å². The summed E-state index contributed by atoms with van der Waals surface area (Å²) in [6.07, 6.45) is 0.823. The van der Waals surface area contributed by atoms with Crippen molar-refractivity contribution in [1.29, 1.82) is 0 Å². The highest BCUT2D eigenvalue weighted by atomic mass is 79.9. The van der Waals surface area contributed by atoms with Crippen LogP contribution in [0.25, 0.3) is 0 Å². The van der Waals surface area contributed by atoms with Crippen LogP contribution in [0.2, 0.25) is 0 Å². The van der Waals surface area contributed by atoms with E-state index in [0.29, 0.717) is 12.1 Å². The van der Waals surface area contributed by atoms with Gasteiger partial charge in [0.05, 0.1) is 12.1 Å². The summed E-state index contributed by atoms with van der Waals surface area (Å²) in [6, 6.07) is 6.65. The molecule has 0 atom stereocenters. The largest absolute Gasteiger partial charge is 0.452 e. The van der Waals surface area contributed by atoms with Gasteiger partial charge in [-0.25, -0.2) is 4.79 Å². The fraction of sp³-hybridized carbons (Fsp3) is 0.357. The van der Waals surface area contributed by atoms with Crippen LogP contribution >= 0.6 is 15.9 Å². The highest BCUT2D eigenvalue weighted by Crippen LogP contribution is 2.12. The molecule has 0 aliphatic rings. The molecule has 1 aromatic rings. The maximum absolute atomic E-state index is 11.7. The molecule has 0 aromatic heterocycles. The lowest BCUT2D eigenvalue weighted by Crippen LogP contribution is -2.38. The van der Waals surface area contributed by atoms with Crippen LogP contribution in [0.15, 0.2) is 28.7 Å². The second-order valence-electron chi connectivity index (χ2n) is 4.21. The maximum Gasteiger partial charge on any atom is 0.338 e. The molecule has 114 valence electrons. The Kier molecular flexibility index (Phi) is 7.45. The van der Waals surface area contributed by atoms with E-state index in [1.807, 2.05) is 6.92 Å². The first-order valence-corrected chi connectivity index (χ1v) is 7.28. The average Bonchev–Trinajstić information content (AvgIpc) is 2.48. The van der Waals surface area contributed by atoms with Gasteiger partial charge in [0.15, 0.2) is 6.61 Å². The minimum absolute atomic E-state index is 0.132. The summed E-state index contributed by atoms with van der Waals surface area (Å²) >= 11 is 3.24. The first-order chi connectivity index (χ1) is 10.0. The first-order valence-electron chi connectivity index (χ1n) is 6.49. The van der Waals surface area contributed by atoms with Crippen molar-refractivity contribution in [1.82, 2.24) is 10.6 Å². The van der Waals surface area contributed by atoms with Crippen LogP contribution in [0.5, 0.6) is 0 Å². The van der Waals surface area contributed by atoms with Crippen molar-refractivity contribution in [3.63, 3.8) is 0 Å². The van der Waals surface area contributed by atoms with E-state index in [4.69, 9.17) is 4.74 Å². The van der Waals surface area contributed by atoms with Crippen LogP contribution < -0.4 is 10.6 Å². The Morgan fingerprint density at radius 3 is 2.62 bits per heavy atom. The van der Waals surface area contributed by atoms with Gasteiger partial charge in [-0.1, -0.05) is 28.9 Å². The number of benzene rings is 1. The number of nitrogens with one attached hydrogen (secondary N) is 2. The number of amides is 2. The molecule has 1 aromatic carbocycles. The molecule has 21 heavy (non-hydrogen) atoms. The third kappa shape index (κ3) is 6.89. The molecule has 0 heterocycles. The smallest absolute Gasteiger partial charge is 0.338 e. The lowest BCUT2D eigenvalue weighted by molar-refractivity contribution is -0.127. The fourth-order valence-electron chi connectivity index (χ4n) is 1.39. The molecule has 0 saturated carbocycles. The van der Waals surface area contributed by atoms with Gasteiger partial charge in [-0.15, -0.1) is 0 Å². The van der Waals surface area contributed by atoms with E-state index in [1.165, 1.54) is 0 Å². The van der Waals surface area contributed by atoms with Gasteiger partial charge in [-0.3, -0.25) is 9.59 Å². The Labute approximate surface area is 131 Å². The molecule has 1 rings (SSSR count). The van der Waals surface area contributed by atoms with E-state index < -0.39 is 18.5 Å². The summed E-state index contributed by atoms with van der Waals surface area (Å²) in [5.74, 6) is -1.39. The van der Waals surface area contributed by atoms with E-state index in [9.17, 15) is 14.4 Å². The minimum atomic E-state index is -0.595. The summed E-state index contributed by atoms with van der Waals surface area (Å²) in [5.41, 5.74) is 0.345. The van der Waals surface area contributed by atoms with Crippen molar-refractivity contribution >= 4 is 33.7 Å². The number of carbonyl (C=O) groups is 3. The van der Waals surface area contributed by atoms with Gasteiger partial charge in [0.2, 0.25) is 5.91 Å². The predicted molar refractivity (Wildman–Crippen MR) is 80.7 cm³/mol. The zero-order chi connectivity index (χ0) is 15.7. The van der Waals surface area contributed by atoms with Crippen molar-refractivity contribution in [3.05, 3.63) is 34.3 Å². The lowest BCUT2D eigenvalue weighted by atomic mass is 10.2. The molecule has 0 fully saturated rings. The van der Waals surface area contributed by atoms with Crippen LogP contribution in [0.1, 0.15) is 23.7 Å². The molecule has 0 saturated heterocycles. The van der Waals surface area contributed by atoms with Gasteiger partial charge in [-0.2, -0.15) is 0 Å². The normalized spacial score (nSPS) is 9.81. The molecule has 7 heteroatoms. The number of ether oxygens (including phenoxy) is 1. The number of carbonyl (C=O) groups excluding carboxylic acids is 3. The molecule has 2 amide bonds. The van der Waals surface area contributed by atoms with Crippen molar-refractivity contribution < 1.29 is 19.1 Å². The van der Waals surface area contributed by atoms with Gasteiger partial charge in [0, 0.05) is 11.0 Å². The SMILES string of the molecule is CCCNC(=O)CNC(=O)COC(=O)c1cccc(Br)c1. The average molecular weight is 357 g/mol. The van der Waals surface area contributed by atoms with E-state index in [2.05, 4.69) is 26.6 Å². The van der Waals surface area contributed by atoms with Crippen LogP contribution in [0.4, 0.5) is 0 Å². The quantitative estimate of drug-likeness (QED) is 0.720. The molecular formula is C14H17BrN2O4. The Morgan fingerprint density at radius 1 is 1.19 bits per heavy atom. The predicted octanol–water partition coefficient (Wildman–Crippen LogP) is 1.25. The minimum Gasteiger partial charge on any atom is -0.452 e. The standard InChI is InChI=1S/C14H17BrN2O4/c1-2-6-16-12(18)8-17-13(19)9-21-14(20)10-4-3-5-11(15)7-10/h3-5,7H,2,6,8-9H2,1H3,(H,16,18)(H,17,19). The Morgan fingerprint density at radius 2 is 1.95 bits per heavy atom. The summed E-state index contributed by atoms with van der Waals surface area (Å²) in [5, 5.41) is 4.99. The van der Waals surface area contributed by atoms with Crippen LogP contribution in [0.3, 0.4) is 0 Å². The summed E-state index contributed by atoms with van der Waals surface area (Å²) in [6.45, 7) is 1.94. The van der Waals surface area contributed by atoms with Gasteiger partial charge >= 0.3 is 5.97 Å². The Bertz CT molecular complexity index is 519. The molecule has 0 unspecified atom stereocenters.